The molecule has 1 fully saturated rings. The predicted molar refractivity (Wildman–Crippen MR) is 110 cm³/mol. The topological polar surface area (TPSA) is 47.6 Å². The van der Waals surface area contributed by atoms with Crippen molar-refractivity contribution in [3.05, 3.63) is 54.1 Å². The maximum absolute atomic E-state index is 12.2. The molecular formula is C20H23NO3S2. The number of thioether (sulfide) groups is 2. The molecule has 6 heteroatoms. The van der Waals surface area contributed by atoms with Crippen LogP contribution >= 0.6 is 23.5 Å². The van der Waals surface area contributed by atoms with Gasteiger partial charge in [0.2, 0.25) is 0 Å². The fourth-order valence-corrected chi connectivity index (χ4v) is 5.48. The molecule has 1 heterocycles. The number of carbonyl (C=O) groups is 1. The lowest BCUT2D eigenvalue weighted by Gasteiger charge is -2.21. The summed E-state index contributed by atoms with van der Waals surface area (Å²) < 4.78 is 11.6. The van der Waals surface area contributed by atoms with Gasteiger partial charge in [0.25, 0.3) is 5.91 Å². The van der Waals surface area contributed by atoms with Crippen LogP contribution in [0.5, 0.6) is 11.5 Å². The van der Waals surface area contributed by atoms with Crippen molar-refractivity contribution in [2.24, 2.45) is 0 Å². The SMILES string of the molecule is CCOc1ccccc1NC(=O)COc1ccc(C2SCCCS2)cc1. The molecule has 0 aliphatic carbocycles. The van der Waals surface area contributed by atoms with E-state index in [1.54, 1.807) is 0 Å². The second-order valence-electron chi connectivity index (χ2n) is 5.76. The normalized spacial score (nSPS) is 14.7. The van der Waals surface area contributed by atoms with Crippen LogP contribution in [0.2, 0.25) is 0 Å². The van der Waals surface area contributed by atoms with Gasteiger partial charge in [0.1, 0.15) is 11.5 Å². The molecule has 138 valence electrons. The van der Waals surface area contributed by atoms with E-state index in [2.05, 4.69) is 17.4 Å². The third kappa shape index (κ3) is 5.35. The van der Waals surface area contributed by atoms with E-state index in [9.17, 15) is 4.79 Å². The molecule has 0 atom stereocenters. The Hall–Kier alpha value is -1.79. The molecular weight excluding hydrogens is 366 g/mol. The number of benzene rings is 2. The number of anilines is 1. The maximum Gasteiger partial charge on any atom is 0.262 e. The molecule has 1 saturated heterocycles. The first kappa shape index (κ1) is 19.0. The number of amides is 1. The van der Waals surface area contributed by atoms with Gasteiger partial charge in [-0.2, -0.15) is 0 Å². The van der Waals surface area contributed by atoms with Crippen molar-refractivity contribution in [3.63, 3.8) is 0 Å². The molecule has 0 bridgehead atoms. The lowest BCUT2D eigenvalue weighted by atomic mass is 10.2. The molecule has 0 radical (unpaired) electrons. The molecule has 4 nitrogen and oxygen atoms in total. The Balaban J connectivity index is 1.51. The van der Waals surface area contributed by atoms with Crippen LogP contribution in [0.25, 0.3) is 0 Å². The van der Waals surface area contributed by atoms with Crippen LogP contribution in [0.1, 0.15) is 23.5 Å². The van der Waals surface area contributed by atoms with E-state index < -0.39 is 0 Å². The number of para-hydroxylation sites is 2. The van der Waals surface area contributed by atoms with Gasteiger partial charge in [0, 0.05) is 0 Å². The fraction of sp³-hybridized carbons (Fsp3) is 0.350. The van der Waals surface area contributed by atoms with Crippen LogP contribution in [-0.2, 0) is 4.79 Å². The minimum Gasteiger partial charge on any atom is -0.492 e. The van der Waals surface area contributed by atoms with Gasteiger partial charge < -0.3 is 14.8 Å². The monoisotopic (exact) mass is 389 g/mol. The zero-order valence-electron chi connectivity index (χ0n) is 14.8. The predicted octanol–water partition coefficient (Wildman–Crippen LogP) is 4.97. The highest BCUT2D eigenvalue weighted by Crippen LogP contribution is 2.43. The zero-order valence-corrected chi connectivity index (χ0v) is 16.4. The van der Waals surface area contributed by atoms with Gasteiger partial charge in [-0.3, -0.25) is 4.79 Å². The highest BCUT2D eigenvalue weighted by atomic mass is 32.2. The van der Waals surface area contributed by atoms with Crippen LogP contribution in [-0.4, -0.2) is 30.6 Å². The van der Waals surface area contributed by atoms with E-state index >= 15 is 0 Å². The third-order valence-electron chi connectivity index (χ3n) is 3.81. The smallest absolute Gasteiger partial charge is 0.262 e. The van der Waals surface area contributed by atoms with Gasteiger partial charge >= 0.3 is 0 Å². The lowest BCUT2D eigenvalue weighted by molar-refractivity contribution is -0.118. The first-order chi connectivity index (χ1) is 12.8. The Morgan fingerprint density at radius 1 is 1.08 bits per heavy atom. The Labute approximate surface area is 163 Å². The molecule has 26 heavy (non-hydrogen) atoms. The highest BCUT2D eigenvalue weighted by Gasteiger charge is 2.16. The average Bonchev–Trinajstić information content (AvgIpc) is 2.69. The molecule has 1 aliphatic rings. The molecule has 1 aliphatic heterocycles. The van der Waals surface area contributed by atoms with Crippen molar-refractivity contribution in [1.82, 2.24) is 0 Å². The Morgan fingerprint density at radius 3 is 2.54 bits per heavy atom. The molecule has 2 aromatic rings. The van der Waals surface area contributed by atoms with Crippen molar-refractivity contribution in [3.8, 4) is 11.5 Å². The second-order valence-corrected chi connectivity index (χ2v) is 8.49. The quantitative estimate of drug-likeness (QED) is 0.724. The summed E-state index contributed by atoms with van der Waals surface area (Å²) in [4.78, 5) is 12.2. The summed E-state index contributed by atoms with van der Waals surface area (Å²) in [5.41, 5.74) is 1.96. The van der Waals surface area contributed by atoms with Gasteiger partial charge in [-0.15, -0.1) is 23.5 Å². The second kappa shape index (κ2) is 9.78. The van der Waals surface area contributed by atoms with Crippen molar-refractivity contribution in [2.45, 2.75) is 17.9 Å². The summed E-state index contributed by atoms with van der Waals surface area (Å²) in [5, 5.41) is 2.83. The van der Waals surface area contributed by atoms with Crippen molar-refractivity contribution >= 4 is 35.1 Å². The maximum atomic E-state index is 12.2. The van der Waals surface area contributed by atoms with Crippen LogP contribution in [0.15, 0.2) is 48.5 Å². The van der Waals surface area contributed by atoms with Crippen LogP contribution in [0, 0.1) is 0 Å². The summed E-state index contributed by atoms with van der Waals surface area (Å²) in [6.07, 6.45) is 1.29. The number of hydrogen-bond donors (Lipinski definition) is 1. The van der Waals surface area contributed by atoms with Crippen molar-refractivity contribution in [2.75, 3.05) is 30.0 Å². The van der Waals surface area contributed by atoms with Crippen LogP contribution < -0.4 is 14.8 Å². The summed E-state index contributed by atoms with van der Waals surface area (Å²) >= 11 is 3.99. The number of ether oxygens (including phenoxy) is 2. The van der Waals surface area contributed by atoms with Gasteiger partial charge in [-0.1, -0.05) is 24.3 Å². The molecule has 1 amide bonds. The standard InChI is InChI=1S/C20H23NO3S2/c1-2-23-18-7-4-3-6-17(18)21-19(22)14-24-16-10-8-15(9-11-16)20-25-12-5-13-26-20/h3-4,6-11,20H,2,5,12-14H2,1H3,(H,21,22). The van der Waals surface area contributed by atoms with Crippen molar-refractivity contribution < 1.29 is 14.3 Å². The fourth-order valence-electron chi connectivity index (χ4n) is 2.59. The van der Waals surface area contributed by atoms with E-state index in [4.69, 9.17) is 9.47 Å². The molecule has 3 rings (SSSR count). The average molecular weight is 390 g/mol. The van der Waals surface area contributed by atoms with E-state index in [-0.39, 0.29) is 12.5 Å². The molecule has 1 N–H and O–H groups in total. The first-order valence-electron chi connectivity index (χ1n) is 8.74. The minimum atomic E-state index is -0.209. The Bertz CT molecular complexity index is 715. The largest absolute Gasteiger partial charge is 0.492 e. The first-order valence-corrected chi connectivity index (χ1v) is 10.8. The summed E-state index contributed by atoms with van der Waals surface area (Å²) in [5.74, 6) is 3.60. The summed E-state index contributed by atoms with van der Waals surface area (Å²) in [6.45, 7) is 2.43. The van der Waals surface area contributed by atoms with Crippen LogP contribution in [0.4, 0.5) is 5.69 Å². The molecule has 0 aromatic heterocycles. The Kier molecular flexibility index (Phi) is 7.14. The minimum absolute atomic E-state index is 0.0350. The van der Waals surface area contributed by atoms with Gasteiger partial charge in [0.05, 0.1) is 16.9 Å². The van der Waals surface area contributed by atoms with Gasteiger partial charge in [-0.05, 0) is 54.7 Å². The van der Waals surface area contributed by atoms with E-state index in [1.165, 1.54) is 23.5 Å². The lowest BCUT2D eigenvalue weighted by Crippen LogP contribution is -2.20. The molecule has 0 saturated carbocycles. The van der Waals surface area contributed by atoms with Crippen molar-refractivity contribution in [1.29, 1.82) is 0 Å². The number of hydrogen-bond acceptors (Lipinski definition) is 5. The third-order valence-corrected chi connectivity index (χ3v) is 6.83. The van der Waals surface area contributed by atoms with E-state index in [0.717, 1.165) is 0 Å². The van der Waals surface area contributed by atoms with Gasteiger partial charge in [-0.25, -0.2) is 0 Å². The number of nitrogens with one attached hydrogen (secondary N) is 1. The zero-order chi connectivity index (χ0) is 18.2. The van der Waals surface area contributed by atoms with E-state index in [0.29, 0.717) is 28.4 Å². The number of carbonyl (C=O) groups excluding carboxylic acids is 1. The molecule has 0 unspecified atom stereocenters. The van der Waals surface area contributed by atoms with Gasteiger partial charge in [0.15, 0.2) is 6.61 Å². The highest BCUT2D eigenvalue weighted by molar-refractivity contribution is 8.16. The molecule has 2 aromatic carbocycles. The number of rotatable bonds is 7. The Morgan fingerprint density at radius 2 is 1.81 bits per heavy atom. The van der Waals surface area contributed by atoms with E-state index in [1.807, 2.05) is 66.8 Å². The summed E-state index contributed by atoms with van der Waals surface area (Å²) in [7, 11) is 0. The molecule has 0 spiro atoms. The summed E-state index contributed by atoms with van der Waals surface area (Å²) in [6, 6.07) is 15.4. The van der Waals surface area contributed by atoms with Crippen LogP contribution in [0.3, 0.4) is 0 Å².